The van der Waals surface area contributed by atoms with Gasteiger partial charge in [0.2, 0.25) is 10.0 Å². The normalized spacial score (nSPS) is 10.8. The second-order valence-electron chi connectivity index (χ2n) is 5.15. The number of amides is 1. The van der Waals surface area contributed by atoms with Gasteiger partial charge < -0.3 is 5.32 Å². The van der Waals surface area contributed by atoms with Gasteiger partial charge in [-0.1, -0.05) is 17.7 Å². The molecule has 0 spiro atoms. The second-order valence-corrected chi connectivity index (χ2v) is 6.92. The SMILES string of the molecule is Cc1ccc(NC(=O)c2ccc(S(=O)(=O)NCCC#N)cc2)cc1. The van der Waals surface area contributed by atoms with Crippen molar-refractivity contribution in [2.75, 3.05) is 11.9 Å². The van der Waals surface area contributed by atoms with Crippen LogP contribution in [0, 0.1) is 18.3 Å². The van der Waals surface area contributed by atoms with Crippen molar-refractivity contribution in [3.63, 3.8) is 0 Å². The third kappa shape index (κ3) is 4.65. The van der Waals surface area contributed by atoms with E-state index in [1.54, 1.807) is 12.1 Å². The smallest absolute Gasteiger partial charge is 0.255 e. The van der Waals surface area contributed by atoms with Gasteiger partial charge in [-0.05, 0) is 43.3 Å². The standard InChI is InChI=1S/C17H17N3O3S/c1-13-3-7-15(8-4-13)20-17(21)14-5-9-16(10-6-14)24(22,23)19-12-2-11-18/h3-10,19H,2,12H2,1H3,(H,20,21). The molecule has 24 heavy (non-hydrogen) atoms. The molecule has 7 heteroatoms. The Bertz CT molecular complexity index is 851. The molecule has 0 saturated heterocycles. The van der Waals surface area contributed by atoms with Crippen molar-refractivity contribution in [1.82, 2.24) is 4.72 Å². The van der Waals surface area contributed by atoms with E-state index in [1.165, 1.54) is 24.3 Å². The molecule has 1 amide bonds. The lowest BCUT2D eigenvalue weighted by Crippen LogP contribution is -2.24. The Balaban J connectivity index is 2.07. The molecule has 0 fully saturated rings. The zero-order valence-corrected chi connectivity index (χ0v) is 13.9. The Hall–Kier alpha value is -2.69. The first-order valence-electron chi connectivity index (χ1n) is 7.27. The minimum Gasteiger partial charge on any atom is -0.322 e. The van der Waals surface area contributed by atoms with Gasteiger partial charge in [-0.25, -0.2) is 13.1 Å². The van der Waals surface area contributed by atoms with Crippen molar-refractivity contribution in [3.8, 4) is 6.07 Å². The van der Waals surface area contributed by atoms with Crippen LogP contribution < -0.4 is 10.0 Å². The number of nitrogens with one attached hydrogen (secondary N) is 2. The molecule has 0 aliphatic rings. The third-order valence-corrected chi connectivity index (χ3v) is 4.74. The minimum atomic E-state index is -3.67. The predicted molar refractivity (Wildman–Crippen MR) is 91.0 cm³/mol. The van der Waals surface area contributed by atoms with Crippen molar-refractivity contribution >= 4 is 21.6 Å². The fraction of sp³-hybridized carbons (Fsp3) is 0.176. The molecule has 0 aliphatic heterocycles. The molecule has 2 N–H and O–H groups in total. The molecule has 0 atom stereocenters. The summed E-state index contributed by atoms with van der Waals surface area (Å²) in [5, 5.41) is 11.2. The van der Waals surface area contributed by atoms with E-state index in [4.69, 9.17) is 5.26 Å². The first-order valence-corrected chi connectivity index (χ1v) is 8.75. The topological polar surface area (TPSA) is 99.1 Å². The molecule has 0 heterocycles. The number of nitrogens with zero attached hydrogens (tertiary/aromatic N) is 1. The van der Waals surface area contributed by atoms with Crippen molar-refractivity contribution in [2.24, 2.45) is 0 Å². The highest BCUT2D eigenvalue weighted by Gasteiger charge is 2.14. The highest BCUT2D eigenvalue weighted by molar-refractivity contribution is 7.89. The van der Waals surface area contributed by atoms with Crippen LogP contribution in [0.4, 0.5) is 5.69 Å². The van der Waals surface area contributed by atoms with E-state index in [1.807, 2.05) is 25.1 Å². The summed E-state index contributed by atoms with van der Waals surface area (Å²) in [5.74, 6) is -0.319. The predicted octanol–water partition coefficient (Wildman–Crippen LogP) is 2.44. The minimum absolute atomic E-state index is 0.0484. The molecule has 2 aromatic rings. The number of carbonyl (C=O) groups excluding carboxylic acids is 1. The summed E-state index contributed by atoms with van der Waals surface area (Å²) in [7, 11) is -3.67. The summed E-state index contributed by atoms with van der Waals surface area (Å²) in [6.45, 7) is 2.00. The number of nitriles is 1. The lowest BCUT2D eigenvalue weighted by molar-refractivity contribution is 0.102. The molecular weight excluding hydrogens is 326 g/mol. The highest BCUT2D eigenvalue weighted by atomic mass is 32.2. The van der Waals surface area contributed by atoms with Gasteiger partial charge >= 0.3 is 0 Å². The number of benzene rings is 2. The maximum atomic E-state index is 12.2. The van der Waals surface area contributed by atoms with Crippen molar-refractivity contribution in [3.05, 3.63) is 59.7 Å². The molecule has 2 rings (SSSR count). The van der Waals surface area contributed by atoms with Gasteiger partial charge in [0.15, 0.2) is 0 Å². The van der Waals surface area contributed by atoms with Crippen LogP contribution in [0.1, 0.15) is 22.3 Å². The molecule has 0 bridgehead atoms. The van der Waals surface area contributed by atoms with Crippen LogP contribution in [-0.4, -0.2) is 20.9 Å². The van der Waals surface area contributed by atoms with Crippen LogP contribution in [0.5, 0.6) is 0 Å². The van der Waals surface area contributed by atoms with Gasteiger partial charge in [-0.3, -0.25) is 4.79 Å². The molecule has 124 valence electrons. The van der Waals surface area contributed by atoms with Crippen molar-refractivity contribution in [2.45, 2.75) is 18.2 Å². The van der Waals surface area contributed by atoms with E-state index in [9.17, 15) is 13.2 Å². The molecule has 0 aliphatic carbocycles. The van der Waals surface area contributed by atoms with Crippen LogP contribution in [0.25, 0.3) is 0 Å². The maximum absolute atomic E-state index is 12.2. The fourth-order valence-corrected chi connectivity index (χ4v) is 2.98. The summed E-state index contributed by atoms with van der Waals surface area (Å²) in [4.78, 5) is 12.2. The van der Waals surface area contributed by atoms with Crippen LogP contribution in [-0.2, 0) is 10.0 Å². The highest BCUT2D eigenvalue weighted by Crippen LogP contribution is 2.14. The number of hydrogen-bond acceptors (Lipinski definition) is 4. The Morgan fingerprint density at radius 2 is 1.71 bits per heavy atom. The zero-order valence-electron chi connectivity index (χ0n) is 13.1. The van der Waals surface area contributed by atoms with Crippen LogP contribution >= 0.6 is 0 Å². The largest absolute Gasteiger partial charge is 0.322 e. The summed E-state index contributed by atoms with van der Waals surface area (Å²) in [6.07, 6.45) is 0.0935. The summed E-state index contributed by atoms with van der Waals surface area (Å²) < 4.78 is 26.3. The van der Waals surface area contributed by atoms with Gasteiger partial charge in [0.05, 0.1) is 11.0 Å². The Labute approximate surface area is 141 Å². The average molecular weight is 343 g/mol. The third-order valence-electron chi connectivity index (χ3n) is 3.27. The van der Waals surface area contributed by atoms with Gasteiger partial charge in [0.25, 0.3) is 5.91 Å². The van der Waals surface area contributed by atoms with E-state index < -0.39 is 10.0 Å². The second kappa shape index (κ2) is 7.73. The Morgan fingerprint density at radius 1 is 1.08 bits per heavy atom. The van der Waals surface area contributed by atoms with Gasteiger partial charge in [0, 0.05) is 24.2 Å². The molecule has 0 unspecified atom stereocenters. The van der Waals surface area contributed by atoms with Crippen LogP contribution in [0.2, 0.25) is 0 Å². The first kappa shape index (κ1) is 17.7. The van der Waals surface area contributed by atoms with Crippen LogP contribution in [0.15, 0.2) is 53.4 Å². The number of sulfonamides is 1. The van der Waals surface area contributed by atoms with E-state index in [0.717, 1.165) is 5.56 Å². The number of carbonyl (C=O) groups is 1. The Morgan fingerprint density at radius 3 is 2.29 bits per heavy atom. The van der Waals surface area contributed by atoms with Crippen LogP contribution in [0.3, 0.4) is 0 Å². The average Bonchev–Trinajstić information content (AvgIpc) is 2.57. The van der Waals surface area contributed by atoms with Gasteiger partial charge in [0.1, 0.15) is 0 Å². The number of aryl methyl sites for hydroxylation is 1. The number of anilines is 1. The summed E-state index contributed by atoms with van der Waals surface area (Å²) in [6, 6.07) is 14.8. The monoisotopic (exact) mass is 343 g/mol. The zero-order chi connectivity index (χ0) is 17.6. The van der Waals surface area contributed by atoms with E-state index in [-0.39, 0.29) is 23.8 Å². The lowest BCUT2D eigenvalue weighted by atomic mass is 10.2. The Kier molecular flexibility index (Phi) is 5.68. The van der Waals surface area contributed by atoms with Crippen molar-refractivity contribution < 1.29 is 13.2 Å². The molecule has 2 aromatic carbocycles. The van der Waals surface area contributed by atoms with E-state index >= 15 is 0 Å². The fourth-order valence-electron chi connectivity index (χ4n) is 1.95. The molecule has 0 aromatic heterocycles. The van der Waals surface area contributed by atoms with Gasteiger partial charge in [-0.2, -0.15) is 5.26 Å². The molecule has 6 nitrogen and oxygen atoms in total. The molecule has 0 radical (unpaired) electrons. The van der Waals surface area contributed by atoms with Crippen molar-refractivity contribution in [1.29, 1.82) is 5.26 Å². The molecule has 0 saturated carbocycles. The summed E-state index contributed by atoms with van der Waals surface area (Å²) >= 11 is 0. The van der Waals surface area contributed by atoms with E-state index in [2.05, 4.69) is 10.0 Å². The quantitative estimate of drug-likeness (QED) is 0.787. The van der Waals surface area contributed by atoms with Gasteiger partial charge in [-0.15, -0.1) is 0 Å². The molecular formula is C17H17N3O3S. The lowest BCUT2D eigenvalue weighted by Gasteiger charge is -2.08. The summed E-state index contributed by atoms with van der Waals surface area (Å²) in [5.41, 5.74) is 2.11. The maximum Gasteiger partial charge on any atom is 0.255 e. The van der Waals surface area contributed by atoms with E-state index in [0.29, 0.717) is 11.3 Å². The number of rotatable bonds is 6. The number of hydrogen-bond donors (Lipinski definition) is 2. The first-order chi connectivity index (χ1) is 11.4.